The summed E-state index contributed by atoms with van der Waals surface area (Å²) >= 11 is 0. The molecule has 1 saturated heterocycles. The molecule has 2 aromatic rings. The van der Waals surface area contributed by atoms with Crippen molar-refractivity contribution in [1.82, 2.24) is 9.55 Å². The molecule has 2 heterocycles. The number of hydrogen-bond donors (Lipinski definition) is 3. The van der Waals surface area contributed by atoms with Crippen molar-refractivity contribution in [3.8, 4) is 0 Å². The highest BCUT2D eigenvalue weighted by Crippen LogP contribution is 2.28. The van der Waals surface area contributed by atoms with Crippen LogP contribution < -0.4 is 11.0 Å². The third-order valence-electron chi connectivity index (χ3n) is 4.09. The molecule has 10 heteroatoms. The van der Waals surface area contributed by atoms with E-state index in [9.17, 15) is 24.2 Å². The predicted octanol–water partition coefficient (Wildman–Crippen LogP) is 0.770. The largest absolute Gasteiger partial charge is 0.444 e. The van der Waals surface area contributed by atoms with E-state index >= 15 is 0 Å². The minimum atomic E-state index is -1.42. The number of nitrogens with zero attached hydrogens (tertiary/aromatic N) is 2. The molecule has 0 aliphatic carbocycles. The summed E-state index contributed by atoms with van der Waals surface area (Å²) < 4.78 is 25.2. The Bertz CT molecular complexity index is 875. The number of nitrogens with one attached hydrogen (secondary N) is 1. The summed E-state index contributed by atoms with van der Waals surface area (Å²) in [5, 5.41) is 21.7. The number of ether oxygens (including phenoxy) is 2. The molecule has 1 aliphatic rings. The molecular weight excluding hydrogens is 361 g/mol. The van der Waals surface area contributed by atoms with E-state index in [2.05, 4.69) is 10.3 Å². The van der Waals surface area contributed by atoms with E-state index in [-0.39, 0.29) is 6.61 Å². The van der Waals surface area contributed by atoms with Gasteiger partial charge >= 0.3 is 11.8 Å². The number of carbonyl (C=O) groups is 1. The summed E-state index contributed by atoms with van der Waals surface area (Å²) in [5.41, 5.74) is -0.239. The van der Waals surface area contributed by atoms with Crippen molar-refractivity contribution in [1.29, 1.82) is 0 Å². The number of carbonyl (C=O) groups excluding carboxylic acids is 1. The third kappa shape index (κ3) is 4.13. The Balaban J connectivity index is 1.70. The fourth-order valence-corrected chi connectivity index (χ4v) is 2.63. The second-order valence-corrected chi connectivity index (χ2v) is 6.03. The second kappa shape index (κ2) is 7.82. The molecule has 0 bridgehead atoms. The fraction of sp³-hybridized carbons (Fsp3) is 0.353. The molecule has 1 aliphatic heterocycles. The third-order valence-corrected chi connectivity index (χ3v) is 4.09. The summed E-state index contributed by atoms with van der Waals surface area (Å²) in [6.07, 6.45) is -4.93. The number of aliphatic hydroxyl groups is 2. The molecule has 27 heavy (non-hydrogen) atoms. The van der Waals surface area contributed by atoms with Gasteiger partial charge in [-0.15, -0.1) is 0 Å². The zero-order valence-electron chi connectivity index (χ0n) is 14.3. The molecule has 1 aromatic heterocycles. The topological polar surface area (TPSA) is 123 Å². The van der Waals surface area contributed by atoms with Crippen molar-refractivity contribution in [2.75, 3.05) is 5.32 Å². The normalized spacial score (nSPS) is 24.6. The van der Waals surface area contributed by atoms with Gasteiger partial charge in [-0.05, 0) is 12.5 Å². The SMILES string of the molecule is C[C@@H]1O[C@H](n2cc(F)c(NC(=O)OCc3ccccc3)nc2=O)[C@@H](O)[C@H]1O. The van der Waals surface area contributed by atoms with Crippen LogP contribution >= 0.6 is 0 Å². The van der Waals surface area contributed by atoms with Crippen LogP contribution in [-0.4, -0.2) is 44.2 Å². The first-order chi connectivity index (χ1) is 12.9. The minimum Gasteiger partial charge on any atom is -0.444 e. The summed E-state index contributed by atoms with van der Waals surface area (Å²) in [6, 6.07) is 8.84. The molecular formula is C17H18FN3O6. The molecule has 144 valence electrons. The first kappa shape index (κ1) is 19.0. The maximum Gasteiger partial charge on any atom is 0.413 e. The lowest BCUT2D eigenvalue weighted by molar-refractivity contribution is -0.0355. The smallest absolute Gasteiger partial charge is 0.413 e. The average Bonchev–Trinajstić information content (AvgIpc) is 2.91. The number of halogens is 1. The molecule has 3 rings (SSSR count). The Labute approximate surface area is 153 Å². The van der Waals surface area contributed by atoms with E-state index in [0.717, 1.165) is 11.8 Å². The first-order valence-electron chi connectivity index (χ1n) is 8.15. The van der Waals surface area contributed by atoms with E-state index in [0.29, 0.717) is 4.57 Å². The van der Waals surface area contributed by atoms with E-state index in [1.54, 1.807) is 24.3 Å². The molecule has 1 amide bonds. The number of amides is 1. The van der Waals surface area contributed by atoms with Crippen LogP contribution in [0.4, 0.5) is 15.0 Å². The number of anilines is 1. The highest BCUT2D eigenvalue weighted by molar-refractivity contribution is 5.83. The van der Waals surface area contributed by atoms with Crippen molar-refractivity contribution >= 4 is 11.9 Å². The Morgan fingerprint density at radius 1 is 1.33 bits per heavy atom. The van der Waals surface area contributed by atoms with Gasteiger partial charge in [0, 0.05) is 0 Å². The van der Waals surface area contributed by atoms with Crippen molar-refractivity contribution in [3.05, 3.63) is 58.4 Å². The monoisotopic (exact) mass is 379 g/mol. The van der Waals surface area contributed by atoms with E-state index in [1.165, 1.54) is 6.92 Å². The number of benzene rings is 1. The van der Waals surface area contributed by atoms with Gasteiger partial charge in [-0.2, -0.15) is 4.98 Å². The van der Waals surface area contributed by atoms with E-state index in [1.807, 2.05) is 6.07 Å². The summed E-state index contributed by atoms with van der Waals surface area (Å²) in [6.45, 7) is 1.46. The van der Waals surface area contributed by atoms with Crippen LogP contribution in [0.2, 0.25) is 0 Å². The summed E-state index contributed by atoms with van der Waals surface area (Å²) in [5.74, 6) is -1.65. The number of hydrogen-bond acceptors (Lipinski definition) is 7. The maximum absolute atomic E-state index is 14.2. The van der Waals surface area contributed by atoms with Crippen LogP contribution in [0, 0.1) is 5.82 Å². The highest BCUT2D eigenvalue weighted by atomic mass is 19.1. The van der Waals surface area contributed by atoms with Gasteiger partial charge in [-0.25, -0.2) is 14.0 Å². The van der Waals surface area contributed by atoms with E-state index < -0.39 is 48.0 Å². The molecule has 3 N–H and O–H groups in total. The van der Waals surface area contributed by atoms with Crippen molar-refractivity contribution in [3.63, 3.8) is 0 Å². The maximum atomic E-state index is 14.2. The zero-order chi connectivity index (χ0) is 19.6. The molecule has 0 radical (unpaired) electrons. The van der Waals surface area contributed by atoms with Crippen molar-refractivity contribution < 1.29 is 28.9 Å². The van der Waals surface area contributed by atoms with Crippen LogP contribution in [-0.2, 0) is 16.1 Å². The van der Waals surface area contributed by atoms with Gasteiger partial charge in [0.1, 0.15) is 18.8 Å². The van der Waals surface area contributed by atoms with Gasteiger partial charge in [-0.1, -0.05) is 30.3 Å². The van der Waals surface area contributed by atoms with Crippen LogP contribution in [0.1, 0.15) is 18.7 Å². The quantitative estimate of drug-likeness (QED) is 0.717. The van der Waals surface area contributed by atoms with Gasteiger partial charge in [-0.3, -0.25) is 9.88 Å². The van der Waals surface area contributed by atoms with Crippen molar-refractivity contribution in [2.24, 2.45) is 0 Å². The Morgan fingerprint density at radius 3 is 2.67 bits per heavy atom. The molecule has 1 aromatic carbocycles. The fourth-order valence-electron chi connectivity index (χ4n) is 2.63. The molecule has 4 atom stereocenters. The lowest BCUT2D eigenvalue weighted by Gasteiger charge is -2.17. The van der Waals surface area contributed by atoms with Crippen LogP contribution in [0.5, 0.6) is 0 Å². The molecule has 0 unspecified atom stereocenters. The Morgan fingerprint density at radius 2 is 2.04 bits per heavy atom. The van der Waals surface area contributed by atoms with Gasteiger partial charge in [0.25, 0.3) is 0 Å². The van der Waals surface area contributed by atoms with Gasteiger partial charge in [0.05, 0.1) is 12.3 Å². The Kier molecular flexibility index (Phi) is 5.49. The molecule has 9 nitrogen and oxygen atoms in total. The molecule has 0 saturated carbocycles. The van der Waals surface area contributed by atoms with Crippen molar-refractivity contribution in [2.45, 2.75) is 38.1 Å². The molecule has 0 spiro atoms. The van der Waals surface area contributed by atoms with Gasteiger partial charge < -0.3 is 19.7 Å². The Hall–Kier alpha value is -2.82. The first-order valence-corrected chi connectivity index (χ1v) is 8.15. The van der Waals surface area contributed by atoms with Crippen LogP contribution in [0.25, 0.3) is 0 Å². The van der Waals surface area contributed by atoms with E-state index in [4.69, 9.17) is 9.47 Å². The standard InChI is InChI=1S/C17H18FN3O6/c1-9-12(22)13(23)15(27-9)21-7-11(18)14(19-16(21)24)20-17(25)26-8-10-5-3-2-4-6-10/h2-7,9,12-13,15,22-23H,8H2,1H3,(H,19,20,24,25)/t9-,12-,13-,15-/m0/s1. The summed E-state index contributed by atoms with van der Waals surface area (Å²) in [7, 11) is 0. The number of aliphatic hydroxyl groups excluding tert-OH is 2. The average molecular weight is 379 g/mol. The number of aromatic nitrogens is 2. The lowest BCUT2D eigenvalue weighted by Crippen LogP contribution is -2.36. The summed E-state index contributed by atoms with van der Waals surface area (Å²) in [4.78, 5) is 27.3. The highest BCUT2D eigenvalue weighted by Gasteiger charge is 2.42. The van der Waals surface area contributed by atoms with Gasteiger partial charge in [0.15, 0.2) is 17.9 Å². The van der Waals surface area contributed by atoms with Gasteiger partial charge in [0.2, 0.25) is 0 Å². The predicted molar refractivity (Wildman–Crippen MR) is 90.3 cm³/mol. The number of rotatable bonds is 4. The minimum absolute atomic E-state index is 0.0385. The molecule has 1 fully saturated rings. The lowest BCUT2D eigenvalue weighted by atomic mass is 10.1. The van der Waals surface area contributed by atoms with Crippen LogP contribution in [0.15, 0.2) is 41.3 Å². The van der Waals surface area contributed by atoms with Crippen LogP contribution in [0.3, 0.4) is 0 Å². The zero-order valence-corrected chi connectivity index (χ0v) is 14.3. The second-order valence-electron chi connectivity index (χ2n) is 6.03.